The molecule has 3 heterocycles. The number of hydrogen-bond acceptors (Lipinski definition) is 5. The fourth-order valence-corrected chi connectivity index (χ4v) is 4.46. The van der Waals surface area contributed by atoms with E-state index in [1.807, 2.05) is 29.2 Å². The van der Waals surface area contributed by atoms with Crippen LogP contribution in [0.25, 0.3) is 11.4 Å². The fourth-order valence-electron chi connectivity index (χ4n) is 4.46. The summed E-state index contributed by atoms with van der Waals surface area (Å²) >= 11 is 0. The van der Waals surface area contributed by atoms with E-state index in [1.54, 1.807) is 0 Å². The molecule has 2 aliphatic rings. The molecule has 0 N–H and O–H groups in total. The Hall–Kier alpha value is -2.73. The molecule has 5 rings (SSSR count). The highest BCUT2D eigenvalue weighted by Gasteiger charge is 2.25. The molecule has 29 heavy (non-hydrogen) atoms. The van der Waals surface area contributed by atoms with Gasteiger partial charge in [0.05, 0.1) is 0 Å². The standard InChI is InChI=1S/C23H28N6/c1-2-7-19(8-3-1)22-25-21-10-4-9-20(21)23(26-22)28-17-15-27(16-18-28)12-6-14-29-13-5-11-24-29/h1-3,5,7-8,11,13H,4,6,9-10,12,14-18H2. The van der Waals surface area contributed by atoms with Gasteiger partial charge in [-0.3, -0.25) is 9.58 Å². The van der Waals surface area contributed by atoms with E-state index in [2.05, 4.69) is 39.2 Å². The Balaban J connectivity index is 1.26. The highest BCUT2D eigenvalue weighted by Crippen LogP contribution is 2.31. The average Bonchev–Trinajstić information content (AvgIpc) is 3.46. The molecule has 150 valence electrons. The third kappa shape index (κ3) is 4.03. The molecule has 1 aromatic carbocycles. The molecule has 0 amide bonds. The van der Waals surface area contributed by atoms with Crippen molar-refractivity contribution in [3.63, 3.8) is 0 Å². The molecule has 2 aromatic heterocycles. The van der Waals surface area contributed by atoms with Crippen molar-refractivity contribution in [1.82, 2.24) is 24.6 Å². The number of rotatable bonds is 6. The van der Waals surface area contributed by atoms with Gasteiger partial charge in [-0.15, -0.1) is 0 Å². The van der Waals surface area contributed by atoms with Crippen molar-refractivity contribution < 1.29 is 0 Å². The van der Waals surface area contributed by atoms with Crippen molar-refractivity contribution >= 4 is 5.82 Å². The zero-order chi connectivity index (χ0) is 19.5. The molecule has 0 spiro atoms. The highest BCUT2D eigenvalue weighted by molar-refractivity contribution is 5.61. The van der Waals surface area contributed by atoms with E-state index in [0.29, 0.717) is 0 Å². The minimum Gasteiger partial charge on any atom is -0.354 e. The Morgan fingerprint density at radius 2 is 1.72 bits per heavy atom. The van der Waals surface area contributed by atoms with Gasteiger partial charge in [0.2, 0.25) is 0 Å². The van der Waals surface area contributed by atoms with Crippen LogP contribution in [-0.4, -0.2) is 57.4 Å². The van der Waals surface area contributed by atoms with Crippen molar-refractivity contribution in [2.45, 2.75) is 32.2 Å². The molecule has 0 radical (unpaired) electrons. The molecule has 0 bridgehead atoms. The first-order chi connectivity index (χ1) is 14.4. The number of aryl methyl sites for hydroxylation is 2. The Labute approximate surface area is 172 Å². The van der Waals surface area contributed by atoms with Crippen molar-refractivity contribution in [2.24, 2.45) is 0 Å². The number of anilines is 1. The number of fused-ring (bicyclic) bond motifs is 1. The lowest BCUT2D eigenvalue weighted by Gasteiger charge is -2.36. The minimum atomic E-state index is 0.878. The van der Waals surface area contributed by atoms with E-state index in [1.165, 1.54) is 23.5 Å². The largest absolute Gasteiger partial charge is 0.354 e. The smallest absolute Gasteiger partial charge is 0.161 e. The van der Waals surface area contributed by atoms with E-state index in [-0.39, 0.29) is 0 Å². The van der Waals surface area contributed by atoms with Crippen LogP contribution < -0.4 is 4.90 Å². The van der Waals surface area contributed by atoms with Crippen LogP contribution in [0.15, 0.2) is 48.8 Å². The topological polar surface area (TPSA) is 50.1 Å². The summed E-state index contributed by atoms with van der Waals surface area (Å²) in [5, 5.41) is 4.29. The normalized spacial score (nSPS) is 16.9. The lowest BCUT2D eigenvalue weighted by molar-refractivity contribution is 0.248. The van der Waals surface area contributed by atoms with Gasteiger partial charge < -0.3 is 4.90 Å². The lowest BCUT2D eigenvalue weighted by Crippen LogP contribution is -2.47. The molecule has 1 fully saturated rings. The van der Waals surface area contributed by atoms with Crippen LogP contribution >= 0.6 is 0 Å². The summed E-state index contributed by atoms with van der Waals surface area (Å²) in [4.78, 5) is 15.0. The summed E-state index contributed by atoms with van der Waals surface area (Å²) in [6.45, 7) is 6.40. The number of hydrogen-bond donors (Lipinski definition) is 0. The van der Waals surface area contributed by atoms with Crippen molar-refractivity contribution in [2.75, 3.05) is 37.6 Å². The van der Waals surface area contributed by atoms with E-state index < -0.39 is 0 Å². The van der Waals surface area contributed by atoms with Crippen LogP contribution in [-0.2, 0) is 19.4 Å². The molecule has 6 heteroatoms. The molecular formula is C23H28N6. The van der Waals surface area contributed by atoms with Crippen LogP contribution in [0, 0.1) is 0 Å². The van der Waals surface area contributed by atoms with E-state index in [4.69, 9.17) is 9.97 Å². The first-order valence-corrected chi connectivity index (χ1v) is 10.8. The van der Waals surface area contributed by atoms with Gasteiger partial charge in [-0.05, 0) is 31.7 Å². The molecule has 1 aliphatic carbocycles. The fraction of sp³-hybridized carbons (Fsp3) is 0.435. The molecule has 1 saturated heterocycles. The number of nitrogens with zero attached hydrogens (tertiary/aromatic N) is 6. The Morgan fingerprint density at radius 1 is 0.862 bits per heavy atom. The van der Waals surface area contributed by atoms with E-state index >= 15 is 0 Å². The molecule has 1 aliphatic heterocycles. The highest BCUT2D eigenvalue weighted by atomic mass is 15.3. The van der Waals surface area contributed by atoms with Gasteiger partial charge in [0, 0.05) is 68.5 Å². The average molecular weight is 389 g/mol. The maximum absolute atomic E-state index is 5.04. The summed E-state index contributed by atoms with van der Waals surface area (Å²) < 4.78 is 2.02. The zero-order valence-electron chi connectivity index (χ0n) is 16.9. The van der Waals surface area contributed by atoms with Crippen molar-refractivity contribution in [3.8, 4) is 11.4 Å². The first kappa shape index (κ1) is 18.3. The molecule has 6 nitrogen and oxygen atoms in total. The van der Waals surface area contributed by atoms with E-state index in [0.717, 1.165) is 69.9 Å². The molecular weight excluding hydrogens is 360 g/mol. The molecule has 3 aromatic rings. The van der Waals surface area contributed by atoms with Crippen LogP contribution in [0.1, 0.15) is 24.1 Å². The van der Waals surface area contributed by atoms with Crippen LogP contribution in [0.2, 0.25) is 0 Å². The first-order valence-electron chi connectivity index (χ1n) is 10.8. The second kappa shape index (κ2) is 8.33. The van der Waals surface area contributed by atoms with Crippen LogP contribution in [0.4, 0.5) is 5.82 Å². The molecule has 0 unspecified atom stereocenters. The van der Waals surface area contributed by atoms with Gasteiger partial charge in [0.15, 0.2) is 5.82 Å². The Morgan fingerprint density at radius 3 is 2.52 bits per heavy atom. The Bertz CT molecular complexity index is 930. The van der Waals surface area contributed by atoms with E-state index in [9.17, 15) is 0 Å². The van der Waals surface area contributed by atoms with Gasteiger partial charge in [-0.2, -0.15) is 5.10 Å². The summed E-state index contributed by atoms with van der Waals surface area (Å²) in [5.41, 5.74) is 3.76. The molecule has 0 atom stereocenters. The molecule has 0 saturated carbocycles. The maximum atomic E-state index is 5.04. The number of aromatic nitrogens is 4. The van der Waals surface area contributed by atoms with Crippen LogP contribution in [0.3, 0.4) is 0 Å². The number of benzene rings is 1. The maximum Gasteiger partial charge on any atom is 0.161 e. The monoisotopic (exact) mass is 388 g/mol. The van der Waals surface area contributed by atoms with Crippen molar-refractivity contribution in [1.29, 1.82) is 0 Å². The SMILES string of the molecule is c1ccc(-c2nc3c(c(N4CCN(CCCn5cccn5)CC4)n2)CCC3)cc1. The predicted molar refractivity (Wildman–Crippen MR) is 115 cm³/mol. The predicted octanol–water partition coefficient (Wildman–Crippen LogP) is 3.04. The van der Waals surface area contributed by atoms with Gasteiger partial charge in [-0.25, -0.2) is 9.97 Å². The summed E-state index contributed by atoms with van der Waals surface area (Å²) in [5.74, 6) is 2.06. The van der Waals surface area contributed by atoms with Gasteiger partial charge >= 0.3 is 0 Å². The minimum absolute atomic E-state index is 0.878. The lowest BCUT2D eigenvalue weighted by atomic mass is 10.1. The van der Waals surface area contributed by atoms with Gasteiger partial charge in [0.1, 0.15) is 5.82 Å². The summed E-state index contributed by atoms with van der Waals surface area (Å²) in [6.07, 6.45) is 8.42. The zero-order valence-corrected chi connectivity index (χ0v) is 16.9. The number of piperazine rings is 1. The third-order valence-electron chi connectivity index (χ3n) is 6.04. The summed E-state index contributed by atoms with van der Waals surface area (Å²) in [6, 6.07) is 12.4. The second-order valence-electron chi connectivity index (χ2n) is 7.97. The Kier molecular flexibility index (Phi) is 5.26. The van der Waals surface area contributed by atoms with Gasteiger partial charge in [0.25, 0.3) is 0 Å². The third-order valence-corrected chi connectivity index (χ3v) is 6.04. The van der Waals surface area contributed by atoms with Crippen molar-refractivity contribution in [3.05, 3.63) is 60.0 Å². The van der Waals surface area contributed by atoms with Gasteiger partial charge in [-0.1, -0.05) is 30.3 Å². The second-order valence-corrected chi connectivity index (χ2v) is 7.97. The summed E-state index contributed by atoms with van der Waals surface area (Å²) in [7, 11) is 0. The van der Waals surface area contributed by atoms with Crippen LogP contribution in [0.5, 0.6) is 0 Å². The quantitative estimate of drug-likeness (QED) is 0.650.